The molecule has 0 bridgehead atoms. The van der Waals surface area contributed by atoms with Gasteiger partial charge in [0.2, 0.25) is 0 Å². The number of hydrogen-bond acceptors (Lipinski definition) is 4. The van der Waals surface area contributed by atoms with E-state index >= 15 is 0 Å². The fourth-order valence-corrected chi connectivity index (χ4v) is 3.97. The number of nitrogens with one attached hydrogen (secondary N) is 1. The Hall–Kier alpha value is -2.40. The van der Waals surface area contributed by atoms with Gasteiger partial charge in [0.05, 0.1) is 11.4 Å². The van der Waals surface area contributed by atoms with Crippen LogP contribution in [0.5, 0.6) is 0 Å². The normalized spacial score (nSPS) is 11.9. The van der Waals surface area contributed by atoms with Crippen molar-refractivity contribution >= 4 is 36.6 Å². The number of thiophene rings is 1. The lowest BCUT2D eigenvalue weighted by Crippen LogP contribution is -2.13. The zero-order valence-electron chi connectivity index (χ0n) is 14.6. The van der Waals surface area contributed by atoms with Crippen molar-refractivity contribution in [2.45, 2.75) is 12.8 Å². The van der Waals surface area contributed by atoms with Gasteiger partial charge < -0.3 is 15.9 Å². The molecule has 0 aliphatic carbocycles. The number of carbonyl (C=O) groups is 1. The highest BCUT2D eigenvalue weighted by Gasteiger charge is 2.11. The van der Waals surface area contributed by atoms with Crippen molar-refractivity contribution in [2.24, 2.45) is 0 Å². The first-order valence-electron chi connectivity index (χ1n) is 8.58. The van der Waals surface area contributed by atoms with E-state index in [1.165, 1.54) is 0 Å². The van der Waals surface area contributed by atoms with Crippen LogP contribution < -0.4 is 11.1 Å². The van der Waals surface area contributed by atoms with Crippen LogP contribution in [0.2, 0.25) is 0 Å². The molecule has 0 aliphatic rings. The van der Waals surface area contributed by atoms with Crippen LogP contribution in [0.4, 0.5) is 11.4 Å². The quantitative estimate of drug-likeness (QED) is 0.398. The van der Waals surface area contributed by atoms with E-state index in [-0.39, 0.29) is 5.91 Å². The highest BCUT2D eigenvalue weighted by atomic mass is 32.1. The molecule has 0 fully saturated rings. The van der Waals surface area contributed by atoms with Crippen molar-refractivity contribution in [2.75, 3.05) is 17.2 Å². The van der Waals surface area contributed by atoms with E-state index in [1.807, 2.05) is 47.8 Å². The first-order valence-corrected chi connectivity index (χ1v) is 11.0. The van der Waals surface area contributed by atoms with Gasteiger partial charge in [0, 0.05) is 16.6 Å². The summed E-state index contributed by atoms with van der Waals surface area (Å²) in [4.78, 5) is 22.7. The summed E-state index contributed by atoms with van der Waals surface area (Å²) in [7, 11) is -2.44. The molecule has 3 aromatic rings. The lowest BCUT2D eigenvalue weighted by Gasteiger charge is -2.11. The van der Waals surface area contributed by atoms with Gasteiger partial charge in [-0.3, -0.25) is 9.36 Å². The Morgan fingerprint density at radius 1 is 1.15 bits per heavy atom. The predicted octanol–water partition coefficient (Wildman–Crippen LogP) is 4.65. The minimum Gasteiger partial charge on any atom is -0.397 e. The number of carbonyl (C=O) groups excluding carboxylic acids is 1. The maximum absolute atomic E-state index is 12.6. The Morgan fingerprint density at radius 2 is 2.00 bits per heavy atom. The lowest BCUT2D eigenvalue weighted by molar-refractivity contribution is 0.102. The largest absolute Gasteiger partial charge is 0.397 e. The number of hydrogen-bond donors (Lipinski definition) is 3. The summed E-state index contributed by atoms with van der Waals surface area (Å²) in [6.45, 7) is 0. The standard InChI is InChI=1S/C20H21N2O3PS/c21-17-9-8-15(19-7-3-11-27-19)13-18(17)22-20(23)16-6-1-4-14(12-16)5-2-10-26(24)25/h1,3-4,6-9,11-13,26H,2,5,10,21H2,(H,22,23)(H,24,25). The summed E-state index contributed by atoms with van der Waals surface area (Å²) in [6, 6.07) is 16.9. The van der Waals surface area contributed by atoms with E-state index < -0.39 is 8.03 Å². The molecule has 3 rings (SSSR count). The maximum atomic E-state index is 12.6. The van der Waals surface area contributed by atoms with Crippen molar-refractivity contribution in [3.63, 3.8) is 0 Å². The minimum absolute atomic E-state index is 0.234. The molecule has 0 spiro atoms. The zero-order valence-corrected chi connectivity index (χ0v) is 16.5. The van der Waals surface area contributed by atoms with E-state index in [9.17, 15) is 9.36 Å². The van der Waals surface area contributed by atoms with E-state index in [0.717, 1.165) is 16.0 Å². The van der Waals surface area contributed by atoms with Crippen LogP contribution in [0.1, 0.15) is 22.3 Å². The van der Waals surface area contributed by atoms with Crippen LogP contribution in [0.15, 0.2) is 60.0 Å². The summed E-state index contributed by atoms with van der Waals surface area (Å²) in [6.07, 6.45) is 1.58. The molecule has 27 heavy (non-hydrogen) atoms. The fraction of sp³-hybridized carbons (Fsp3) is 0.150. The average molecular weight is 400 g/mol. The van der Waals surface area contributed by atoms with Gasteiger partial charge in [0.25, 0.3) is 5.91 Å². The van der Waals surface area contributed by atoms with Crippen LogP contribution in [0.3, 0.4) is 0 Å². The van der Waals surface area contributed by atoms with Gasteiger partial charge in [-0.25, -0.2) is 0 Å². The fourth-order valence-electron chi connectivity index (χ4n) is 2.77. The minimum atomic E-state index is -2.44. The Kier molecular flexibility index (Phi) is 6.45. The molecule has 5 nitrogen and oxygen atoms in total. The van der Waals surface area contributed by atoms with Gasteiger partial charge in [-0.2, -0.15) is 0 Å². The Balaban J connectivity index is 1.74. The molecule has 0 saturated carbocycles. The van der Waals surface area contributed by atoms with Crippen LogP contribution in [-0.4, -0.2) is 17.0 Å². The SMILES string of the molecule is Nc1ccc(-c2cccs2)cc1NC(=O)c1cccc(CCC[PH](=O)O)c1. The molecule has 2 aromatic carbocycles. The predicted molar refractivity (Wildman–Crippen MR) is 113 cm³/mol. The second-order valence-corrected chi connectivity index (χ2v) is 8.42. The molecule has 140 valence electrons. The molecule has 1 atom stereocenters. The summed E-state index contributed by atoms with van der Waals surface area (Å²) in [5, 5.41) is 4.89. The molecule has 1 amide bonds. The van der Waals surface area contributed by atoms with E-state index in [4.69, 9.17) is 10.6 Å². The third kappa shape index (κ3) is 5.30. The van der Waals surface area contributed by atoms with Gasteiger partial charge in [-0.1, -0.05) is 24.3 Å². The second kappa shape index (κ2) is 9.00. The Labute approximate surface area is 162 Å². The maximum Gasteiger partial charge on any atom is 0.255 e. The summed E-state index contributed by atoms with van der Waals surface area (Å²) in [5.74, 6) is -0.234. The van der Waals surface area contributed by atoms with Gasteiger partial charge in [-0.05, 0) is 59.7 Å². The number of nitrogens with two attached hydrogens (primary N) is 1. The van der Waals surface area contributed by atoms with Gasteiger partial charge >= 0.3 is 0 Å². The molecular weight excluding hydrogens is 379 g/mol. The lowest BCUT2D eigenvalue weighted by atomic mass is 10.1. The molecule has 1 unspecified atom stereocenters. The highest BCUT2D eigenvalue weighted by Crippen LogP contribution is 2.30. The van der Waals surface area contributed by atoms with Crippen LogP contribution in [0, 0.1) is 0 Å². The topological polar surface area (TPSA) is 92.4 Å². The number of amides is 1. The van der Waals surface area contributed by atoms with Crippen molar-refractivity contribution < 1.29 is 14.3 Å². The van der Waals surface area contributed by atoms with Crippen LogP contribution >= 0.6 is 19.4 Å². The average Bonchev–Trinajstić information content (AvgIpc) is 3.18. The van der Waals surface area contributed by atoms with Gasteiger partial charge in [-0.15, -0.1) is 11.3 Å². The van der Waals surface area contributed by atoms with Crippen molar-refractivity contribution in [3.05, 3.63) is 71.1 Å². The number of benzene rings is 2. The molecule has 1 aromatic heterocycles. The van der Waals surface area contributed by atoms with Crippen LogP contribution in [0.25, 0.3) is 10.4 Å². The number of aryl methyl sites for hydroxylation is 1. The van der Waals surface area contributed by atoms with Crippen molar-refractivity contribution in [1.82, 2.24) is 0 Å². The molecule has 4 N–H and O–H groups in total. The summed E-state index contributed by atoms with van der Waals surface area (Å²) < 4.78 is 10.8. The first-order chi connectivity index (χ1) is 13.0. The van der Waals surface area contributed by atoms with Crippen molar-refractivity contribution in [1.29, 1.82) is 0 Å². The number of nitrogen functional groups attached to an aromatic ring is 1. The van der Waals surface area contributed by atoms with Gasteiger partial charge in [0.1, 0.15) is 0 Å². The monoisotopic (exact) mass is 400 g/mol. The molecule has 1 heterocycles. The zero-order chi connectivity index (χ0) is 19.2. The third-order valence-electron chi connectivity index (χ3n) is 4.15. The molecule has 0 saturated heterocycles. The summed E-state index contributed by atoms with van der Waals surface area (Å²) >= 11 is 1.63. The van der Waals surface area contributed by atoms with Crippen LogP contribution in [-0.2, 0) is 11.0 Å². The molecule has 0 aliphatic heterocycles. The van der Waals surface area contributed by atoms with E-state index in [1.54, 1.807) is 23.5 Å². The number of rotatable bonds is 7. The van der Waals surface area contributed by atoms with E-state index in [2.05, 4.69) is 5.32 Å². The van der Waals surface area contributed by atoms with Gasteiger partial charge in [0.15, 0.2) is 8.03 Å². The Bertz CT molecular complexity index is 958. The number of anilines is 2. The highest BCUT2D eigenvalue weighted by molar-refractivity contribution is 7.37. The smallest absolute Gasteiger partial charge is 0.255 e. The van der Waals surface area contributed by atoms with E-state index in [0.29, 0.717) is 35.9 Å². The molecule has 7 heteroatoms. The summed E-state index contributed by atoms with van der Waals surface area (Å²) in [5.41, 5.74) is 9.62. The first kappa shape index (κ1) is 19.4. The Morgan fingerprint density at radius 3 is 2.74 bits per heavy atom. The molecular formula is C20H21N2O3PS. The second-order valence-electron chi connectivity index (χ2n) is 6.18. The third-order valence-corrected chi connectivity index (χ3v) is 5.85. The molecule has 0 radical (unpaired) electrons. The van der Waals surface area contributed by atoms with Crippen molar-refractivity contribution in [3.8, 4) is 10.4 Å².